The molecule has 0 saturated carbocycles. The van der Waals surface area contributed by atoms with Crippen LogP contribution in [0.5, 0.6) is 0 Å². The van der Waals surface area contributed by atoms with Crippen molar-refractivity contribution >= 4 is 23.3 Å². The Labute approximate surface area is 124 Å². The third kappa shape index (κ3) is 3.76. The van der Waals surface area contributed by atoms with Crippen LogP contribution >= 0.6 is 11.6 Å². The lowest BCUT2D eigenvalue weighted by Crippen LogP contribution is -2.04. The molecule has 21 heavy (non-hydrogen) atoms. The normalized spacial score (nSPS) is 10.5. The number of aliphatic carboxylic acids is 1. The molecule has 0 aliphatic heterocycles. The fraction of sp³-hybridized carbons (Fsp3) is 0.250. The van der Waals surface area contributed by atoms with Crippen LogP contribution in [0.3, 0.4) is 0 Å². The van der Waals surface area contributed by atoms with Crippen molar-refractivity contribution in [1.29, 1.82) is 0 Å². The van der Waals surface area contributed by atoms with Gasteiger partial charge in [-0.05, 0) is 6.07 Å². The van der Waals surface area contributed by atoms with E-state index in [9.17, 15) is 14.9 Å². The van der Waals surface area contributed by atoms with E-state index in [1.165, 1.54) is 16.8 Å². The number of nitro groups is 1. The van der Waals surface area contributed by atoms with Crippen molar-refractivity contribution < 1.29 is 14.8 Å². The summed E-state index contributed by atoms with van der Waals surface area (Å²) in [6, 6.07) is 4.43. The largest absolute Gasteiger partial charge is 0.481 e. The Morgan fingerprint density at radius 2 is 2.24 bits per heavy atom. The third-order valence-electron chi connectivity index (χ3n) is 2.79. The van der Waals surface area contributed by atoms with Gasteiger partial charge in [0, 0.05) is 18.7 Å². The van der Waals surface area contributed by atoms with Gasteiger partial charge in [0.15, 0.2) is 0 Å². The van der Waals surface area contributed by atoms with Gasteiger partial charge >= 0.3 is 5.97 Å². The first-order valence-electron chi connectivity index (χ1n) is 6.00. The zero-order valence-electron chi connectivity index (χ0n) is 10.8. The van der Waals surface area contributed by atoms with Crippen LogP contribution in [0.2, 0.25) is 5.02 Å². The molecule has 1 aromatic heterocycles. The molecule has 8 nitrogen and oxygen atoms in total. The van der Waals surface area contributed by atoms with E-state index in [1.807, 2.05) is 0 Å². The number of hydrogen-bond acceptors (Lipinski definition) is 5. The summed E-state index contributed by atoms with van der Waals surface area (Å²) in [5.41, 5.74) is 0.746. The first kappa shape index (κ1) is 14.9. The highest BCUT2D eigenvalue weighted by molar-refractivity contribution is 6.31. The maximum absolute atomic E-state index is 11.0. The SMILES string of the molecule is O=C(O)CCc1cn(Cc2c(Cl)cccc2[N+](=O)[O-])nn1. The molecule has 0 saturated heterocycles. The Morgan fingerprint density at radius 3 is 2.90 bits per heavy atom. The standard InChI is InChI=1S/C12H11ClN4O4/c13-10-2-1-3-11(17(20)21)9(10)7-16-6-8(14-15-16)4-5-12(18)19/h1-3,6H,4-5,7H2,(H,18,19). The predicted molar refractivity (Wildman–Crippen MR) is 73.2 cm³/mol. The van der Waals surface area contributed by atoms with Crippen molar-refractivity contribution in [2.24, 2.45) is 0 Å². The molecular weight excluding hydrogens is 300 g/mol. The molecule has 110 valence electrons. The fourth-order valence-electron chi connectivity index (χ4n) is 1.80. The number of hydrogen-bond donors (Lipinski definition) is 1. The van der Waals surface area contributed by atoms with Gasteiger partial charge in [-0.25, -0.2) is 4.68 Å². The summed E-state index contributed by atoms with van der Waals surface area (Å²) in [6.45, 7) is 0.0933. The Morgan fingerprint density at radius 1 is 1.48 bits per heavy atom. The Bertz CT molecular complexity index is 686. The molecule has 0 amide bonds. The minimum Gasteiger partial charge on any atom is -0.481 e. The van der Waals surface area contributed by atoms with E-state index in [0.29, 0.717) is 11.3 Å². The highest BCUT2D eigenvalue weighted by Gasteiger charge is 2.17. The molecule has 1 N–H and O–H groups in total. The van der Waals surface area contributed by atoms with E-state index >= 15 is 0 Å². The zero-order valence-corrected chi connectivity index (χ0v) is 11.5. The number of benzene rings is 1. The molecule has 2 aromatic rings. The molecule has 0 aliphatic carbocycles. The molecule has 0 radical (unpaired) electrons. The molecule has 1 aromatic carbocycles. The van der Waals surface area contributed by atoms with Crippen LogP contribution in [-0.2, 0) is 17.8 Å². The second-order valence-electron chi connectivity index (χ2n) is 4.30. The summed E-state index contributed by atoms with van der Waals surface area (Å²) in [6.07, 6.45) is 1.75. The van der Waals surface area contributed by atoms with Crippen LogP contribution in [0.1, 0.15) is 17.7 Å². The highest BCUT2D eigenvalue weighted by atomic mass is 35.5. The lowest BCUT2D eigenvalue weighted by Gasteiger charge is -2.04. The number of carboxylic acid groups (broad SMARTS) is 1. The summed E-state index contributed by atoms with van der Waals surface area (Å²) >= 11 is 5.99. The van der Waals surface area contributed by atoms with Gasteiger partial charge in [0.2, 0.25) is 0 Å². The van der Waals surface area contributed by atoms with Gasteiger partial charge in [0.1, 0.15) is 0 Å². The zero-order chi connectivity index (χ0) is 15.4. The van der Waals surface area contributed by atoms with Crippen molar-refractivity contribution in [3.05, 3.63) is 50.8 Å². The molecule has 9 heteroatoms. The fourth-order valence-corrected chi connectivity index (χ4v) is 2.03. The van der Waals surface area contributed by atoms with Crippen LogP contribution in [0.25, 0.3) is 0 Å². The number of nitrogens with zero attached hydrogens (tertiary/aromatic N) is 4. The summed E-state index contributed by atoms with van der Waals surface area (Å²) < 4.78 is 1.39. The second kappa shape index (κ2) is 6.31. The monoisotopic (exact) mass is 310 g/mol. The molecule has 2 rings (SSSR count). The van der Waals surface area contributed by atoms with E-state index < -0.39 is 10.9 Å². The Balaban J connectivity index is 2.19. The molecular formula is C12H11ClN4O4. The molecule has 0 spiro atoms. The Hall–Kier alpha value is -2.48. The maximum Gasteiger partial charge on any atom is 0.303 e. The van der Waals surface area contributed by atoms with Crippen LogP contribution in [0, 0.1) is 10.1 Å². The molecule has 0 unspecified atom stereocenters. The van der Waals surface area contributed by atoms with Gasteiger partial charge in [0.05, 0.1) is 34.2 Å². The van der Waals surface area contributed by atoms with Gasteiger partial charge in [-0.2, -0.15) is 0 Å². The summed E-state index contributed by atoms with van der Waals surface area (Å²) in [4.78, 5) is 21.0. The van der Waals surface area contributed by atoms with E-state index in [4.69, 9.17) is 16.7 Å². The lowest BCUT2D eigenvalue weighted by molar-refractivity contribution is -0.385. The first-order chi connectivity index (χ1) is 9.97. The van der Waals surface area contributed by atoms with Gasteiger partial charge in [0.25, 0.3) is 5.69 Å². The Kier molecular flexibility index (Phi) is 4.49. The van der Waals surface area contributed by atoms with Gasteiger partial charge in [-0.15, -0.1) is 5.10 Å². The van der Waals surface area contributed by atoms with Crippen molar-refractivity contribution in [2.45, 2.75) is 19.4 Å². The van der Waals surface area contributed by atoms with E-state index in [2.05, 4.69) is 10.3 Å². The predicted octanol–water partition coefficient (Wildman–Crippen LogP) is 1.91. The van der Waals surface area contributed by atoms with Crippen LogP contribution in [-0.4, -0.2) is 31.0 Å². The van der Waals surface area contributed by atoms with Crippen molar-refractivity contribution in [3.8, 4) is 0 Å². The number of aromatic nitrogens is 3. The second-order valence-corrected chi connectivity index (χ2v) is 4.70. The van der Waals surface area contributed by atoms with Gasteiger partial charge in [-0.1, -0.05) is 22.9 Å². The van der Waals surface area contributed by atoms with E-state index in [0.717, 1.165) is 0 Å². The van der Waals surface area contributed by atoms with E-state index in [-0.39, 0.29) is 30.1 Å². The topological polar surface area (TPSA) is 111 Å². The summed E-state index contributed by atoms with van der Waals surface area (Å²) in [5.74, 6) is -0.925. The number of rotatable bonds is 6. The van der Waals surface area contributed by atoms with Crippen molar-refractivity contribution in [2.75, 3.05) is 0 Å². The van der Waals surface area contributed by atoms with Gasteiger partial charge < -0.3 is 5.11 Å². The van der Waals surface area contributed by atoms with Crippen LogP contribution in [0.4, 0.5) is 5.69 Å². The van der Waals surface area contributed by atoms with Crippen molar-refractivity contribution in [3.63, 3.8) is 0 Å². The van der Waals surface area contributed by atoms with E-state index in [1.54, 1.807) is 12.3 Å². The summed E-state index contributed by atoms with van der Waals surface area (Å²) in [5, 5.41) is 27.5. The minimum absolute atomic E-state index is 0.0507. The quantitative estimate of drug-likeness (QED) is 0.644. The maximum atomic E-state index is 11.0. The van der Waals surface area contributed by atoms with Crippen LogP contribution < -0.4 is 0 Å². The number of carboxylic acids is 1. The smallest absolute Gasteiger partial charge is 0.303 e. The first-order valence-corrected chi connectivity index (χ1v) is 6.37. The molecule has 0 bridgehead atoms. The van der Waals surface area contributed by atoms with Gasteiger partial charge in [-0.3, -0.25) is 14.9 Å². The molecule has 0 fully saturated rings. The average Bonchev–Trinajstić information content (AvgIpc) is 2.86. The molecule has 0 atom stereocenters. The lowest BCUT2D eigenvalue weighted by atomic mass is 10.2. The number of halogens is 1. The number of nitro benzene ring substituents is 1. The third-order valence-corrected chi connectivity index (χ3v) is 3.15. The summed E-state index contributed by atoms with van der Waals surface area (Å²) in [7, 11) is 0. The molecule has 0 aliphatic rings. The van der Waals surface area contributed by atoms with Crippen LogP contribution in [0.15, 0.2) is 24.4 Å². The number of carbonyl (C=O) groups is 1. The molecule has 1 heterocycles. The number of aryl methyl sites for hydroxylation is 1. The van der Waals surface area contributed by atoms with Crippen molar-refractivity contribution in [1.82, 2.24) is 15.0 Å². The highest BCUT2D eigenvalue weighted by Crippen LogP contribution is 2.26. The minimum atomic E-state index is -0.925. The average molecular weight is 311 g/mol.